The average Bonchev–Trinajstić information content (AvgIpc) is 3.07. The van der Waals surface area contributed by atoms with Gasteiger partial charge in [0.2, 0.25) is 5.82 Å². The molecule has 0 spiro atoms. The number of hydrogen-bond donors (Lipinski definition) is 1. The largest absolute Gasteiger partial charge is 0.474 e. The van der Waals surface area contributed by atoms with E-state index in [1.807, 2.05) is 19.9 Å². The molecule has 1 N–H and O–H groups in total. The number of rotatable bonds is 4. The van der Waals surface area contributed by atoms with Crippen LogP contribution in [-0.2, 0) is 0 Å². The third-order valence-electron chi connectivity index (χ3n) is 4.08. The minimum atomic E-state index is -1.43. The first-order chi connectivity index (χ1) is 12.7. The van der Waals surface area contributed by atoms with Crippen LogP contribution in [0.4, 0.5) is 0 Å². The zero-order valence-corrected chi connectivity index (χ0v) is 15.1. The SMILES string of the molecule is Cc1ccc(-n2nc(-c3noc(C(=O)O)n3)c(=O)n(C(C)C)c2=O)cc1C. The van der Waals surface area contributed by atoms with E-state index in [0.717, 1.165) is 20.4 Å². The number of aryl methyl sites for hydroxylation is 2. The van der Waals surface area contributed by atoms with E-state index < -0.39 is 29.2 Å². The van der Waals surface area contributed by atoms with Crippen LogP contribution in [0.15, 0.2) is 32.3 Å². The Labute approximate surface area is 152 Å². The van der Waals surface area contributed by atoms with Crippen molar-refractivity contribution in [2.24, 2.45) is 0 Å². The lowest BCUT2D eigenvalue weighted by Crippen LogP contribution is -2.42. The molecular formula is C17H17N5O5. The molecular weight excluding hydrogens is 354 g/mol. The lowest BCUT2D eigenvalue weighted by molar-refractivity contribution is 0.0643. The zero-order valence-electron chi connectivity index (χ0n) is 15.1. The lowest BCUT2D eigenvalue weighted by atomic mass is 10.1. The zero-order chi connectivity index (χ0) is 19.9. The van der Waals surface area contributed by atoms with E-state index in [4.69, 9.17) is 5.11 Å². The van der Waals surface area contributed by atoms with Gasteiger partial charge in [0.25, 0.3) is 5.56 Å². The fourth-order valence-electron chi connectivity index (χ4n) is 2.52. The van der Waals surface area contributed by atoms with Gasteiger partial charge in [0, 0.05) is 6.04 Å². The van der Waals surface area contributed by atoms with Crippen LogP contribution < -0.4 is 11.2 Å². The van der Waals surface area contributed by atoms with Gasteiger partial charge in [-0.1, -0.05) is 11.2 Å². The summed E-state index contributed by atoms with van der Waals surface area (Å²) in [6, 6.07) is 4.84. The molecule has 10 heteroatoms. The standard InChI is InChI=1S/C17H17N5O5/c1-8(2)21-15(23)12(13-18-14(16(24)25)27-20-13)19-22(17(21)26)11-6-5-9(3)10(4)7-11/h5-8H,1-4H3,(H,24,25). The van der Waals surface area contributed by atoms with Gasteiger partial charge in [-0.2, -0.15) is 14.8 Å². The number of benzene rings is 1. The Kier molecular flexibility index (Phi) is 4.48. The van der Waals surface area contributed by atoms with E-state index in [9.17, 15) is 14.4 Å². The molecule has 3 aromatic rings. The summed E-state index contributed by atoms with van der Waals surface area (Å²) in [7, 11) is 0. The van der Waals surface area contributed by atoms with Crippen molar-refractivity contribution in [1.82, 2.24) is 24.5 Å². The predicted molar refractivity (Wildman–Crippen MR) is 94.2 cm³/mol. The molecule has 1 aromatic carbocycles. The van der Waals surface area contributed by atoms with Gasteiger partial charge in [0.15, 0.2) is 5.69 Å². The Hall–Kier alpha value is -3.56. The van der Waals surface area contributed by atoms with Gasteiger partial charge < -0.3 is 9.63 Å². The Morgan fingerprint density at radius 3 is 2.44 bits per heavy atom. The molecule has 10 nitrogen and oxygen atoms in total. The average molecular weight is 371 g/mol. The number of aromatic carboxylic acids is 1. The van der Waals surface area contributed by atoms with Crippen LogP contribution in [0.2, 0.25) is 0 Å². The highest BCUT2D eigenvalue weighted by atomic mass is 16.5. The van der Waals surface area contributed by atoms with E-state index >= 15 is 0 Å². The molecule has 140 valence electrons. The molecule has 0 amide bonds. The highest BCUT2D eigenvalue weighted by Gasteiger charge is 2.23. The Morgan fingerprint density at radius 1 is 1.19 bits per heavy atom. The molecule has 0 aliphatic heterocycles. The van der Waals surface area contributed by atoms with Crippen LogP contribution in [0.1, 0.15) is 41.7 Å². The smallest absolute Gasteiger partial charge is 0.394 e. The van der Waals surface area contributed by atoms with E-state index in [-0.39, 0.29) is 11.5 Å². The second-order valence-corrected chi connectivity index (χ2v) is 6.31. The van der Waals surface area contributed by atoms with Crippen LogP contribution in [0.3, 0.4) is 0 Å². The first-order valence-electron chi connectivity index (χ1n) is 8.11. The molecule has 0 radical (unpaired) electrons. The quantitative estimate of drug-likeness (QED) is 0.726. The number of carbonyl (C=O) groups is 1. The minimum Gasteiger partial charge on any atom is -0.474 e. The van der Waals surface area contributed by atoms with Gasteiger partial charge in [0.1, 0.15) is 0 Å². The molecule has 0 saturated heterocycles. The van der Waals surface area contributed by atoms with Crippen molar-refractivity contribution in [3.05, 3.63) is 56.1 Å². The molecule has 27 heavy (non-hydrogen) atoms. The van der Waals surface area contributed by atoms with Crippen molar-refractivity contribution in [1.29, 1.82) is 0 Å². The normalized spacial score (nSPS) is 11.1. The van der Waals surface area contributed by atoms with Gasteiger partial charge in [0.05, 0.1) is 5.69 Å². The van der Waals surface area contributed by atoms with Gasteiger partial charge in [-0.05, 0) is 51.0 Å². The summed E-state index contributed by atoms with van der Waals surface area (Å²) >= 11 is 0. The van der Waals surface area contributed by atoms with Crippen LogP contribution in [0.25, 0.3) is 17.2 Å². The summed E-state index contributed by atoms with van der Waals surface area (Å²) in [6.45, 7) is 7.18. The number of hydrogen-bond acceptors (Lipinski definition) is 7. The Balaban J connectivity index is 2.32. The molecule has 2 aromatic heterocycles. The van der Waals surface area contributed by atoms with Crippen LogP contribution in [0.5, 0.6) is 0 Å². The first-order valence-corrected chi connectivity index (χ1v) is 8.11. The van der Waals surface area contributed by atoms with E-state index in [1.54, 1.807) is 26.0 Å². The maximum absolute atomic E-state index is 12.8. The second kappa shape index (κ2) is 6.63. The summed E-state index contributed by atoms with van der Waals surface area (Å²) in [5.74, 6) is -2.41. The molecule has 2 heterocycles. The summed E-state index contributed by atoms with van der Waals surface area (Å²) in [6.07, 6.45) is 0. The van der Waals surface area contributed by atoms with E-state index in [0.29, 0.717) is 5.69 Å². The van der Waals surface area contributed by atoms with Crippen molar-refractivity contribution in [2.75, 3.05) is 0 Å². The number of carboxylic acids is 1. The number of nitrogens with zero attached hydrogens (tertiary/aromatic N) is 5. The van der Waals surface area contributed by atoms with Crippen molar-refractivity contribution in [3.63, 3.8) is 0 Å². The van der Waals surface area contributed by atoms with E-state index in [2.05, 4.69) is 19.8 Å². The topological polar surface area (TPSA) is 133 Å². The second-order valence-electron chi connectivity index (χ2n) is 6.31. The summed E-state index contributed by atoms with van der Waals surface area (Å²) in [4.78, 5) is 40.2. The van der Waals surface area contributed by atoms with Gasteiger partial charge in [-0.3, -0.25) is 9.36 Å². The summed E-state index contributed by atoms with van der Waals surface area (Å²) < 4.78 is 6.69. The molecule has 0 aliphatic rings. The molecule has 0 fully saturated rings. The monoisotopic (exact) mass is 371 g/mol. The maximum Gasteiger partial charge on any atom is 0.394 e. The first kappa shape index (κ1) is 18.2. The van der Waals surface area contributed by atoms with Crippen LogP contribution >= 0.6 is 0 Å². The van der Waals surface area contributed by atoms with Crippen LogP contribution in [0, 0.1) is 13.8 Å². The number of aromatic nitrogens is 5. The van der Waals surface area contributed by atoms with E-state index in [1.165, 1.54) is 0 Å². The lowest BCUT2D eigenvalue weighted by Gasteiger charge is -2.14. The molecule has 3 rings (SSSR count). The number of carboxylic acid groups (broad SMARTS) is 1. The summed E-state index contributed by atoms with van der Waals surface area (Å²) in [5.41, 5.74) is 0.807. The summed E-state index contributed by atoms with van der Waals surface area (Å²) in [5, 5.41) is 16.5. The third kappa shape index (κ3) is 3.16. The van der Waals surface area contributed by atoms with Crippen molar-refractivity contribution >= 4 is 5.97 Å². The van der Waals surface area contributed by atoms with Crippen LogP contribution in [-0.4, -0.2) is 35.6 Å². The van der Waals surface area contributed by atoms with Crippen molar-refractivity contribution in [3.8, 4) is 17.2 Å². The Bertz CT molecular complexity index is 1160. The molecule has 0 aliphatic carbocycles. The highest BCUT2D eigenvalue weighted by Crippen LogP contribution is 2.14. The predicted octanol–water partition coefficient (Wildman–Crippen LogP) is 1.34. The third-order valence-corrected chi connectivity index (χ3v) is 4.08. The van der Waals surface area contributed by atoms with Crippen molar-refractivity contribution in [2.45, 2.75) is 33.7 Å². The highest BCUT2D eigenvalue weighted by molar-refractivity contribution is 5.82. The van der Waals surface area contributed by atoms with Gasteiger partial charge in [-0.25, -0.2) is 9.59 Å². The fraction of sp³-hybridized carbons (Fsp3) is 0.294. The molecule has 0 unspecified atom stereocenters. The van der Waals surface area contributed by atoms with Gasteiger partial charge >= 0.3 is 17.5 Å². The fourth-order valence-corrected chi connectivity index (χ4v) is 2.52. The molecule has 0 atom stereocenters. The molecule has 0 bridgehead atoms. The van der Waals surface area contributed by atoms with Crippen molar-refractivity contribution < 1.29 is 14.4 Å². The maximum atomic E-state index is 12.8. The van der Waals surface area contributed by atoms with Gasteiger partial charge in [-0.15, -0.1) is 0 Å². The minimum absolute atomic E-state index is 0.280. The Morgan fingerprint density at radius 2 is 1.89 bits per heavy atom. The molecule has 0 saturated carbocycles.